The summed E-state index contributed by atoms with van der Waals surface area (Å²) in [6.45, 7) is 6.18. The van der Waals surface area contributed by atoms with Gasteiger partial charge in [-0.25, -0.2) is 0 Å². The standard InChI is InChI=1S/C18H29N3O.3ClH/c1-2-4-16(5-3-1)8-13-22-18-7-6-17(20-14-18)15-21-11-9-19-10-12-21;;;/h6-7,14,16,19H,1-5,8-13,15H2;3*1H. The number of hydrogen-bond acceptors (Lipinski definition) is 4. The Bertz CT molecular complexity index is 436. The quantitative estimate of drug-likeness (QED) is 0.763. The van der Waals surface area contributed by atoms with Gasteiger partial charge in [0.2, 0.25) is 0 Å². The van der Waals surface area contributed by atoms with Crippen molar-refractivity contribution in [3.8, 4) is 5.75 Å². The number of aromatic nitrogens is 1. The molecule has 4 nitrogen and oxygen atoms in total. The van der Waals surface area contributed by atoms with E-state index >= 15 is 0 Å². The highest BCUT2D eigenvalue weighted by molar-refractivity contribution is 5.86. The number of nitrogens with one attached hydrogen (secondary N) is 1. The van der Waals surface area contributed by atoms with E-state index < -0.39 is 0 Å². The fourth-order valence-corrected chi connectivity index (χ4v) is 3.51. The molecule has 0 radical (unpaired) electrons. The van der Waals surface area contributed by atoms with Gasteiger partial charge in [-0.1, -0.05) is 32.1 Å². The van der Waals surface area contributed by atoms with E-state index in [0.717, 1.165) is 56.7 Å². The van der Waals surface area contributed by atoms with Gasteiger partial charge in [0, 0.05) is 32.7 Å². The second-order valence-corrected chi connectivity index (χ2v) is 6.65. The summed E-state index contributed by atoms with van der Waals surface area (Å²) in [4.78, 5) is 7.00. The van der Waals surface area contributed by atoms with Crippen LogP contribution in [0.25, 0.3) is 0 Å². The van der Waals surface area contributed by atoms with Crippen LogP contribution in [-0.4, -0.2) is 42.7 Å². The van der Waals surface area contributed by atoms with Crippen LogP contribution in [0.2, 0.25) is 0 Å². The van der Waals surface area contributed by atoms with Crippen molar-refractivity contribution < 1.29 is 4.74 Å². The van der Waals surface area contributed by atoms with Crippen LogP contribution in [0.15, 0.2) is 18.3 Å². The molecule has 0 spiro atoms. The van der Waals surface area contributed by atoms with Crippen molar-refractivity contribution in [2.24, 2.45) is 5.92 Å². The topological polar surface area (TPSA) is 37.4 Å². The normalized spacial score (nSPS) is 18.4. The molecule has 2 heterocycles. The van der Waals surface area contributed by atoms with Gasteiger partial charge < -0.3 is 10.1 Å². The maximum Gasteiger partial charge on any atom is 0.137 e. The first-order valence-corrected chi connectivity index (χ1v) is 8.91. The Morgan fingerprint density at radius 3 is 2.40 bits per heavy atom. The highest BCUT2D eigenvalue weighted by Crippen LogP contribution is 2.26. The van der Waals surface area contributed by atoms with Crippen LogP contribution < -0.4 is 10.1 Å². The summed E-state index contributed by atoms with van der Waals surface area (Å²) in [6.07, 6.45) is 10.1. The average molecular weight is 413 g/mol. The molecule has 1 aliphatic carbocycles. The Balaban J connectivity index is 0.00000192. The maximum absolute atomic E-state index is 5.87. The SMILES string of the molecule is Cl.Cl.Cl.c1cc(CN2CCNCC2)ncc1OCCC1CCCCC1. The minimum absolute atomic E-state index is 0. The number of rotatable bonds is 6. The Morgan fingerprint density at radius 2 is 1.76 bits per heavy atom. The molecule has 7 heteroatoms. The monoisotopic (exact) mass is 411 g/mol. The van der Waals surface area contributed by atoms with E-state index in [9.17, 15) is 0 Å². The lowest BCUT2D eigenvalue weighted by molar-refractivity contribution is 0.229. The van der Waals surface area contributed by atoms with Gasteiger partial charge in [-0.3, -0.25) is 9.88 Å². The summed E-state index contributed by atoms with van der Waals surface area (Å²) in [7, 11) is 0. The number of nitrogens with zero attached hydrogens (tertiary/aromatic N) is 2. The highest BCUT2D eigenvalue weighted by atomic mass is 35.5. The van der Waals surface area contributed by atoms with E-state index in [1.165, 1.54) is 38.5 Å². The predicted octanol–water partition coefficient (Wildman–Crippen LogP) is 4.10. The summed E-state index contributed by atoms with van der Waals surface area (Å²) in [5.74, 6) is 1.80. The third-order valence-corrected chi connectivity index (χ3v) is 4.91. The molecule has 1 N–H and O–H groups in total. The molecule has 146 valence electrons. The highest BCUT2D eigenvalue weighted by Gasteiger charge is 2.13. The lowest BCUT2D eigenvalue weighted by Gasteiger charge is -2.26. The number of pyridine rings is 1. The van der Waals surface area contributed by atoms with Gasteiger partial charge in [0.1, 0.15) is 5.75 Å². The Hall–Kier alpha value is -0.260. The zero-order valence-corrected chi connectivity index (χ0v) is 17.3. The minimum atomic E-state index is 0. The molecule has 1 aromatic heterocycles. The lowest BCUT2D eigenvalue weighted by atomic mass is 9.87. The molecule has 0 unspecified atom stereocenters. The van der Waals surface area contributed by atoms with Crippen LogP contribution in [0.4, 0.5) is 0 Å². The molecule has 0 atom stereocenters. The molecule has 3 rings (SSSR count). The van der Waals surface area contributed by atoms with Crippen LogP contribution >= 0.6 is 37.2 Å². The second-order valence-electron chi connectivity index (χ2n) is 6.65. The molecule has 0 amide bonds. The summed E-state index contributed by atoms with van der Waals surface area (Å²) in [5.41, 5.74) is 1.14. The third-order valence-electron chi connectivity index (χ3n) is 4.91. The zero-order chi connectivity index (χ0) is 15.0. The van der Waals surface area contributed by atoms with Gasteiger partial charge >= 0.3 is 0 Å². The van der Waals surface area contributed by atoms with Gasteiger partial charge in [0.25, 0.3) is 0 Å². The first-order chi connectivity index (χ1) is 10.9. The third kappa shape index (κ3) is 8.78. The van der Waals surface area contributed by atoms with Crippen LogP contribution in [0.3, 0.4) is 0 Å². The van der Waals surface area contributed by atoms with E-state index in [-0.39, 0.29) is 37.2 Å². The largest absolute Gasteiger partial charge is 0.492 e. The maximum atomic E-state index is 5.87. The summed E-state index contributed by atoms with van der Waals surface area (Å²) < 4.78 is 5.87. The molecule has 1 aromatic rings. The number of piperazine rings is 1. The molecular formula is C18H32Cl3N3O. The molecule has 1 saturated carbocycles. The first kappa shape index (κ1) is 24.7. The summed E-state index contributed by atoms with van der Waals surface area (Å²) in [6, 6.07) is 4.18. The van der Waals surface area contributed by atoms with Gasteiger partial charge in [-0.05, 0) is 24.5 Å². The van der Waals surface area contributed by atoms with Crippen molar-refractivity contribution in [1.82, 2.24) is 15.2 Å². The minimum Gasteiger partial charge on any atom is -0.492 e. The number of ether oxygens (including phenoxy) is 1. The van der Waals surface area contributed by atoms with Crippen molar-refractivity contribution >= 4 is 37.2 Å². The van der Waals surface area contributed by atoms with Crippen LogP contribution in [0, 0.1) is 5.92 Å². The summed E-state index contributed by atoms with van der Waals surface area (Å²) >= 11 is 0. The Morgan fingerprint density at radius 1 is 1.04 bits per heavy atom. The fraction of sp³-hybridized carbons (Fsp3) is 0.722. The van der Waals surface area contributed by atoms with Gasteiger partial charge in [-0.2, -0.15) is 0 Å². The zero-order valence-electron chi connectivity index (χ0n) is 14.8. The molecule has 1 saturated heterocycles. The van der Waals surface area contributed by atoms with Gasteiger partial charge in [0.05, 0.1) is 18.5 Å². The fourth-order valence-electron chi connectivity index (χ4n) is 3.51. The molecule has 2 fully saturated rings. The van der Waals surface area contributed by atoms with E-state index in [0.29, 0.717) is 0 Å². The lowest BCUT2D eigenvalue weighted by Crippen LogP contribution is -2.43. The smallest absolute Gasteiger partial charge is 0.137 e. The average Bonchev–Trinajstić information content (AvgIpc) is 2.58. The van der Waals surface area contributed by atoms with E-state index in [1.807, 2.05) is 6.20 Å². The molecular weight excluding hydrogens is 381 g/mol. The molecule has 2 aliphatic rings. The number of hydrogen-bond donors (Lipinski definition) is 1. The van der Waals surface area contributed by atoms with Gasteiger partial charge in [0.15, 0.2) is 0 Å². The molecule has 0 bridgehead atoms. The Labute approximate surface area is 170 Å². The van der Waals surface area contributed by atoms with Gasteiger partial charge in [-0.15, -0.1) is 37.2 Å². The van der Waals surface area contributed by atoms with Crippen LogP contribution in [-0.2, 0) is 6.54 Å². The summed E-state index contributed by atoms with van der Waals surface area (Å²) in [5, 5.41) is 3.38. The molecule has 0 aromatic carbocycles. The van der Waals surface area contributed by atoms with Crippen molar-refractivity contribution in [2.75, 3.05) is 32.8 Å². The molecule has 1 aliphatic heterocycles. The second kappa shape index (κ2) is 13.9. The van der Waals surface area contributed by atoms with E-state index in [2.05, 4.69) is 27.3 Å². The van der Waals surface area contributed by atoms with Crippen molar-refractivity contribution in [3.63, 3.8) is 0 Å². The number of halogens is 3. The van der Waals surface area contributed by atoms with E-state index in [1.54, 1.807) is 0 Å². The van der Waals surface area contributed by atoms with Crippen molar-refractivity contribution in [3.05, 3.63) is 24.0 Å². The van der Waals surface area contributed by atoms with E-state index in [4.69, 9.17) is 4.74 Å². The molecule has 25 heavy (non-hydrogen) atoms. The Kier molecular flexibility index (Phi) is 13.7. The van der Waals surface area contributed by atoms with Crippen LogP contribution in [0.5, 0.6) is 5.75 Å². The first-order valence-electron chi connectivity index (χ1n) is 8.91. The van der Waals surface area contributed by atoms with Crippen molar-refractivity contribution in [1.29, 1.82) is 0 Å². The van der Waals surface area contributed by atoms with Crippen molar-refractivity contribution in [2.45, 2.75) is 45.1 Å². The predicted molar refractivity (Wildman–Crippen MR) is 111 cm³/mol. The van der Waals surface area contributed by atoms with Crippen LogP contribution in [0.1, 0.15) is 44.2 Å².